The number of thiophene rings is 1. The van der Waals surface area contributed by atoms with Crippen molar-refractivity contribution in [3.05, 3.63) is 50.6 Å². The summed E-state index contributed by atoms with van der Waals surface area (Å²) < 4.78 is 0.768. The Labute approximate surface area is 146 Å². The second-order valence-corrected chi connectivity index (χ2v) is 7.42. The zero-order valence-corrected chi connectivity index (χ0v) is 15.0. The van der Waals surface area contributed by atoms with E-state index in [9.17, 15) is 14.7 Å². The van der Waals surface area contributed by atoms with Crippen LogP contribution < -0.4 is 4.90 Å². The van der Waals surface area contributed by atoms with Gasteiger partial charge in [-0.3, -0.25) is 9.59 Å². The number of rotatable bonds is 5. The van der Waals surface area contributed by atoms with Gasteiger partial charge >= 0.3 is 0 Å². The fourth-order valence-corrected chi connectivity index (χ4v) is 3.92. The van der Waals surface area contributed by atoms with Crippen molar-refractivity contribution >= 4 is 44.6 Å². The summed E-state index contributed by atoms with van der Waals surface area (Å²) in [6.07, 6.45) is 0.534. The fraction of sp³-hybridized carbons (Fsp3) is 0.294. The molecule has 1 aliphatic heterocycles. The molecule has 0 fully saturated rings. The third-order valence-electron chi connectivity index (χ3n) is 3.95. The van der Waals surface area contributed by atoms with Crippen LogP contribution in [0.2, 0.25) is 0 Å². The zero-order valence-electron chi connectivity index (χ0n) is 12.6. The first-order valence-electron chi connectivity index (χ1n) is 7.38. The summed E-state index contributed by atoms with van der Waals surface area (Å²) in [6, 6.07) is 8.86. The van der Waals surface area contributed by atoms with Gasteiger partial charge in [-0.05, 0) is 36.1 Å². The van der Waals surface area contributed by atoms with Crippen LogP contribution in [0, 0.1) is 0 Å². The Morgan fingerprint density at radius 1 is 1.39 bits per heavy atom. The number of amides is 1. The van der Waals surface area contributed by atoms with Crippen molar-refractivity contribution in [2.45, 2.75) is 25.4 Å². The molecule has 1 aromatic heterocycles. The van der Waals surface area contributed by atoms with Crippen molar-refractivity contribution in [2.75, 3.05) is 11.4 Å². The topological polar surface area (TPSA) is 57.6 Å². The second kappa shape index (κ2) is 6.19. The number of carbonyl (C=O) groups excluding carboxylic acids is 2. The minimum atomic E-state index is -1.80. The van der Waals surface area contributed by atoms with Gasteiger partial charge in [0.25, 0.3) is 5.91 Å². The molecular weight excluding hydrogens is 378 g/mol. The average molecular weight is 394 g/mol. The van der Waals surface area contributed by atoms with Gasteiger partial charge in [0.2, 0.25) is 0 Å². The first-order valence-corrected chi connectivity index (χ1v) is 9.05. The Morgan fingerprint density at radius 2 is 2.17 bits per heavy atom. The summed E-state index contributed by atoms with van der Waals surface area (Å²) in [6.45, 7) is 2.49. The van der Waals surface area contributed by atoms with E-state index in [0.717, 1.165) is 10.9 Å². The van der Waals surface area contributed by atoms with Gasteiger partial charge in [-0.15, -0.1) is 11.3 Å². The molecule has 1 amide bonds. The highest BCUT2D eigenvalue weighted by Gasteiger charge is 2.50. The van der Waals surface area contributed by atoms with E-state index >= 15 is 0 Å². The molecule has 2 aromatic rings. The maximum Gasteiger partial charge on any atom is 0.264 e. The molecule has 0 spiro atoms. The summed E-state index contributed by atoms with van der Waals surface area (Å²) in [5, 5.41) is 12.9. The number of fused-ring (bicyclic) bond motifs is 1. The van der Waals surface area contributed by atoms with Crippen molar-refractivity contribution in [1.29, 1.82) is 0 Å². The molecule has 6 heteroatoms. The van der Waals surface area contributed by atoms with Gasteiger partial charge in [-0.1, -0.05) is 28.9 Å². The first kappa shape index (κ1) is 16.4. The van der Waals surface area contributed by atoms with E-state index in [2.05, 4.69) is 15.9 Å². The third kappa shape index (κ3) is 2.75. The molecule has 0 aliphatic carbocycles. The summed E-state index contributed by atoms with van der Waals surface area (Å²) in [4.78, 5) is 27.4. The van der Waals surface area contributed by atoms with E-state index in [1.807, 2.05) is 18.4 Å². The lowest BCUT2D eigenvalue weighted by Gasteiger charge is -2.22. The van der Waals surface area contributed by atoms with Crippen LogP contribution in [0.4, 0.5) is 5.69 Å². The molecule has 0 saturated carbocycles. The van der Waals surface area contributed by atoms with Crippen molar-refractivity contribution in [2.24, 2.45) is 0 Å². The molecule has 1 aliphatic rings. The van der Waals surface area contributed by atoms with Crippen molar-refractivity contribution < 1.29 is 14.7 Å². The monoisotopic (exact) mass is 393 g/mol. The van der Waals surface area contributed by atoms with Crippen molar-refractivity contribution in [1.82, 2.24) is 0 Å². The van der Waals surface area contributed by atoms with Gasteiger partial charge in [-0.2, -0.15) is 0 Å². The minimum Gasteiger partial charge on any atom is -0.375 e. The van der Waals surface area contributed by atoms with Gasteiger partial charge in [0.15, 0.2) is 11.4 Å². The lowest BCUT2D eigenvalue weighted by atomic mass is 9.89. The number of ketones is 1. The molecule has 0 bridgehead atoms. The van der Waals surface area contributed by atoms with Crippen LogP contribution >= 0.6 is 27.3 Å². The number of benzene rings is 1. The molecule has 1 atom stereocenters. The van der Waals surface area contributed by atoms with E-state index in [0.29, 0.717) is 22.7 Å². The predicted molar refractivity (Wildman–Crippen MR) is 93.9 cm³/mol. The highest BCUT2D eigenvalue weighted by atomic mass is 79.9. The van der Waals surface area contributed by atoms with Crippen LogP contribution in [0.5, 0.6) is 0 Å². The molecular formula is C17H16BrNO3S. The predicted octanol–water partition coefficient (Wildman–Crippen LogP) is 3.73. The summed E-state index contributed by atoms with van der Waals surface area (Å²) >= 11 is 4.69. The first-order chi connectivity index (χ1) is 11.0. The Hall–Kier alpha value is -1.50. The standard InChI is InChI=1S/C17H16BrNO3S/c1-2-7-19-13-6-5-11(18)9-12(13)17(22,16(19)21)10-14(20)15-4-3-8-23-15/h3-6,8-9,22H,2,7,10H2,1H3/t17-/m1/s1. The molecule has 4 nitrogen and oxygen atoms in total. The van der Waals surface area contributed by atoms with Gasteiger partial charge in [0, 0.05) is 16.6 Å². The lowest BCUT2D eigenvalue weighted by Crippen LogP contribution is -2.42. The highest BCUT2D eigenvalue weighted by Crippen LogP contribution is 2.44. The third-order valence-corrected chi connectivity index (χ3v) is 5.36. The summed E-state index contributed by atoms with van der Waals surface area (Å²) in [7, 11) is 0. The minimum absolute atomic E-state index is 0.222. The maximum atomic E-state index is 12.8. The fourth-order valence-electron chi connectivity index (χ4n) is 2.90. The number of anilines is 1. The molecule has 0 radical (unpaired) electrons. The van der Waals surface area contributed by atoms with Crippen molar-refractivity contribution in [3.63, 3.8) is 0 Å². The largest absolute Gasteiger partial charge is 0.375 e. The molecule has 1 N–H and O–H groups in total. The summed E-state index contributed by atoms with van der Waals surface area (Å²) in [5.74, 6) is -0.641. The maximum absolute atomic E-state index is 12.8. The van der Waals surface area contributed by atoms with E-state index in [1.165, 1.54) is 11.3 Å². The number of aliphatic hydroxyl groups is 1. The number of carbonyl (C=O) groups is 2. The van der Waals surface area contributed by atoms with Gasteiger partial charge < -0.3 is 10.0 Å². The second-order valence-electron chi connectivity index (χ2n) is 5.56. The van der Waals surface area contributed by atoms with Crippen LogP contribution in [0.1, 0.15) is 35.0 Å². The number of hydrogen-bond donors (Lipinski definition) is 1. The van der Waals surface area contributed by atoms with Crippen LogP contribution in [0.3, 0.4) is 0 Å². The Kier molecular flexibility index (Phi) is 4.40. The van der Waals surface area contributed by atoms with E-state index in [-0.39, 0.29) is 12.2 Å². The van der Waals surface area contributed by atoms with Gasteiger partial charge in [-0.25, -0.2) is 0 Å². The van der Waals surface area contributed by atoms with E-state index in [4.69, 9.17) is 0 Å². The molecule has 0 saturated heterocycles. The highest BCUT2D eigenvalue weighted by molar-refractivity contribution is 9.10. The average Bonchev–Trinajstić information content (AvgIpc) is 3.11. The molecule has 0 unspecified atom stereocenters. The SMILES string of the molecule is CCCN1C(=O)[C@@](O)(CC(=O)c2cccs2)c2cc(Br)ccc21. The quantitative estimate of drug-likeness (QED) is 0.787. The van der Waals surface area contributed by atoms with Crippen LogP contribution in [0.15, 0.2) is 40.2 Å². The normalized spacial score (nSPS) is 20.0. The lowest BCUT2D eigenvalue weighted by molar-refractivity contribution is -0.135. The summed E-state index contributed by atoms with van der Waals surface area (Å²) in [5.41, 5.74) is -0.619. The zero-order chi connectivity index (χ0) is 16.6. The Balaban J connectivity index is 2.02. The van der Waals surface area contributed by atoms with Crippen LogP contribution in [-0.4, -0.2) is 23.3 Å². The molecule has 3 rings (SSSR count). The van der Waals surface area contributed by atoms with Crippen molar-refractivity contribution in [3.8, 4) is 0 Å². The smallest absolute Gasteiger partial charge is 0.264 e. The molecule has 2 heterocycles. The number of halogens is 1. The number of hydrogen-bond acceptors (Lipinski definition) is 4. The van der Waals surface area contributed by atoms with Gasteiger partial charge in [0.1, 0.15) is 0 Å². The van der Waals surface area contributed by atoms with E-state index < -0.39 is 11.5 Å². The number of nitrogens with zero attached hydrogens (tertiary/aromatic N) is 1. The van der Waals surface area contributed by atoms with Crippen LogP contribution in [0.25, 0.3) is 0 Å². The molecule has 120 valence electrons. The van der Waals surface area contributed by atoms with Crippen LogP contribution in [-0.2, 0) is 10.4 Å². The van der Waals surface area contributed by atoms with E-state index in [1.54, 1.807) is 29.2 Å². The number of Topliss-reactive ketones (excluding diaryl/α,β-unsaturated/α-hetero) is 1. The Bertz CT molecular complexity index is 759. The Morgan fingerprint density at radius 3 is 2.83 bits per heavy atom. The van der Waals surface area contributed by atoms with Gasteiger partial charge in [0.05, 0.1) is 17.0 Å². The molecule has 1 aromatic carbocycles. The molecule has 23 heavy (non-hydrogen) atoms.